The summed E-state index contributed by atoms with van der Waals surface area (Å²) in [4.78, 5) is 0. The van der Waals surface area contributed by atoms with Crippen molar-refractivity contribution in [2.24, 2.45) is 11.1 Å². The predicted octanol–water partition coefficient (Wildman–Crippen LogP) is 2.02. The van der Waals surface area contributed by atoms with Crippen molar-refractivity contribution < 1.29 is 17.6 Å². The number of hydrogen-bond acceptors (Lipinski definition) is 1. The van der Waals surface area contributed by atoms with Crippen molar-refractivity contribution in [1.29, 1.82) is 0 Å². The molecule has 0 amide bonds. The Morgan fingerprint density at radius 3 is 2.08 bits per heavy atom. The van der Waals surface area contributed by atoms with Gasteiger partial charge in [0.15, 0.2) is 0 Å². The molecule has 12 heavy (non-hydrogen) atoms. The van der Waals surface area contributed by atoms with Crippen molar-refractivity contribution in [3.8, 4) is 0 Å². The smallest absolute Gasteiger partial charge is 0.313 e. The number of halogens is 4. The quantitative estimate of drug-likeness (QED) is 0.666. The van der Waals surface area contributed by atoms with Gasteiger partial charge in [-0.1, -0.05) is 0 Å². The van der Waals surface area contributed by atoms with E-state index in [0.717, 1.165) is 0 Å². The van der Waals surface area contributed by atoms with E-state index < -0.39 is 17.8 Å². The largest absolute Gasteiger partial charge is 0.330 e. The molecule has 1 aliphatic carbocycles. The van der Waals surface area contributed by atoms with Crippen LogP contribution < -0.4 is 5.73 Å². The summed E-state index contributed by atoms with van der Waals surface area (Å²) < 4.78 is 49.3. The van der Waals surface area contributed by atoms with E-state index in [-0.39, 0.29) is 25.8 Å². The van der Waals surface area contributed by atoms with Crippen LogP contribution in [-0.4, -0.2) is 18.9 Å². The molecule has 0 aromatic carbocycles. The van der Waals surface area contributed by atoms with Gasteiger partial charge in [-0.05, 0) is 25.8 Å². The lowest BCUT2D eigenvalue weighted by molar-refractivity contribution is -0.176. The Labute approximate surface area is 67.9 Å². The molecular weight excluding hydrogens is 174 g/mol. The SMILES string of the molecule is NCCC1(C(F)(F)C(F)F)CC1. The van der Waals surface area contributed by atoms with Crippen LogP contribution in [0.4, 0.5) is 17.6 Å². The first-order valence-corrected chi connectivity index (χ1v) is 3.82. The molecule has 0 radical (unpaired) electrons. The molecule has 72 valence electrons. The third-order valence-electron chi connectivity index (χ3n) is 2.46. The molecule has 0 aliphatic heterocycles. The van der Waals surface area contributed by atoms with Gasteiger partial charge >= 0.3 is 12.3 Å². The first-order chi connectivity index (χ1) is 5.46. The molecule has 0 saturated heterocycles. The Balaban J connectivity index is 2.66. The molecule has 1 fully saturated rings. The molecule has 2 N–H and O–H groups in total. The van der Waals surface area contributed by atoms with Crippen molar-refractivity contribution in [1.82, 2.24) is 0 Å². The van der Waals surface area contributed by atoms with Crippen LogP contribution in [0.25, 0.3) is 0 Å². The van der Waals surface area contributed by atoms with Gasteiger partial charge in [0.05, 0.1) is 0 Å². The number of nitrogens with two attached hydrogens (primary N) is 1. The lowest BCUT2D eigenvalue weighted by atomic mass is 9.94. The molecule has 0 aromatic rings. The van der Waals surface area contributed by atoms with E-state index in [1.54, 1.807) is 0 Å². The average molecular weight is 185 g/mol. The molecule has 1 aliphatic rings. The van der Waals surface area contributed by atoms with Crippen molar-refractivity contribution in [3.05, 3.63) is 0 Å². The Morgan fingerprint density at radius 1 is 1.33 bits per heavy atom. The summed E-state index contributed by atoms with van der Waals surface area (Å²) in [7, 11) is 0. The van der Waals surface area contributed by atoms with E-state index in [1.807, 2.05) is 0 Å². The molecule has 5 heteroatoms. The third-order valence-corrected chi connectivity index (χ3v) is 2.46. The van der Waals surface area contributed by atoms with Crippen LogP contribution in [0.1, 0.15) is 19.3 Å². The zero-order chi connectivity index (χ0) is 9.41. The second-order valence-corrected chi connectivity index (χ2v) is 3.24. The van der Waals surface area contributed by atoms with E-state index in [1.165, 1.54) is 0 Å². The number of alkyl halides is 4. The van der Waals surface area contributed by atoms with Crippen LogP contribution in [0.15, 0.2) is 0 Å². The maximum absolute atomic E-state index is 12.8. The summed E-state index contributed by atoms with van der Waals surface area (Å²) in [5, 5.41) is 0. The molecule has 0 atom stereocenters. The van der Waals surface area contributed by atoms with E-state index in [4.69, 9.17) is 5.73 Å². The fourth-order valence-electron chi connectivity index (χ4n) is 1.41. The zero-order valence-corrected chi connectivity index (χ0v) is 6.49. The van der Waals surface area contributed by atoms with Crippen LogP contribution in [0.2, 0.25) is 0 Å². The zero-order valence-electron chi connectivity index (χ0n) is 6.49. The highest BCUT2D eigenvalue weighted by molar-refractivity contribution is 5.04. The summed E-state index contributed by atoms with van der Waals surface area (Å²) in [5.74, 6) is -3.85. The topological polar surface area (TPSA) is 26.0 Å². The van der Waals surface area contributed by atoms with Gasteiger partial charge in [-0.25, -0.2) is 8.78 Å². The molecule has 1 nitrogen and oxygen atoms in total. The van der Waals surface area contributed by atoms with Gasteiger partial charge in [0.25, 0.3) is 0 Å². The molecule has 0 heterocycles. The Morgan fingerprint density at radius 2 is 1.83 bits per heavy atom. The summed E-state index contributed by atoms with van der Waals surface area (Å²) in [5.41, 5.74) is 3.58. The van der Waals surface area contributed by atoms with Crippen LogP contribution in [0.5, 0.6) is 0 Å². The van der Waals surface area contributed by atoms with Crippen LogP contribution in [0.3, 0.4) is 0 Å². The minimum Gasteiger partial charge on any atom is -0.330 e. The summed E-state index contributed by atoms with van der Waals surface area (Å²) >= 11 is 0. The van der Waals surface area contributed by atoms with Crippen molar-refractivity contribution in [3.63, 3.8) is 0 Å². The van der Waals surface area contributed by atoms with Crippen molar-refractivity contribution in [2.45, 2.75) is 31.6 Å². The molecule has 1 rings (SSSR count). The van der Waals surface area contributed by atoms with E-state index in [0.29, 0.717) is 0 Å². The molecule has 0 aromatic heterocycles. The van der Waals surface area contributed by atoms with Gasteiger partial charge in [0, 0.05) is 5.41 Å². The highest BCUT2D eigenvalue weighted by Gasteiger charge is 2.65. The van der Waals surface area contributed by atoms with Gasteiger partial charge in [0.2, 0.25) is 0 Å². The fourth-order valence-corrected chi connectivity index (χ4v) is 1.41. The Bertz CT molecular complexity index is 165. The molecule has 0 spiro atoms. The lowest BCUT2D eigenvalue weighted by Gasteiger charge is -2.25. The molecular formula is C7H11F4N. The fraction of sp³-hybridized carbons (Fsp3) is 1.00. The van der Waals surface area contributed by atoms with Gasteiger partial charge < -0.3 is 5.73 Å². The predicted molar refractivity (Wildman–Crippen MR) is 36.3 cm³/mol. The van der Waals surface area contributed by atoms with Gasteiger partial charge in [-0.2, -0.15) is 8.78 Å². The third kappa shape index (κ3) is 1.30. The van der Waals surface area contributed by atoms with Crippen LogP contribution >= 0.6 is 0 Å². The Kier molecular flexibility index (Phi) is 2.33. The first-order valence-electron chi connectivity index (χ1n) is 3.82. The normalized spacial score (nSPS) is 21.5. The van der Waals surface area contributed by atoms with Crippen LogP contribution in [0, 0.1) is 5.41 Å². The highest BCUT2D eigenvalue weighted by Crippen LogP contribution is 2.60. The lowest BCUT2D eigenvalue weighted by Crippen LogP contribution is -2.38. The maximum atomic E-state index is 12.8. The average Bonchev–Trinajstić information content (AvgIpc) is 2.70. The molecule has 0 unspecified atom stereocenters. The van der Waals surface area contributed by atoms with E-state index in [9.17, 15) is 17.6 Å². The Hall–Kier alpha value is -0.320. The monoisotopic (exact) mass is 185 g/mol. The summed E-state index contributed by atoms with van der Waals surface area (Å²) in [6.45, 7) is 0.0440. The second kappa shape index (κ2) is 2.87. The standard InChI is InChI=1S/C7H11F4N/c8-5(9)7(10,11)6(1-2-6)3-4-12/h5H,1-4,12H2. The van der Waals surface area contributed by atoms with Crippen LogP contribution in [-0.2, 0) is 0 Å². The van der Waals surface area contributed by atoms with E-state index in [2.05, 4.69) is 0 Å². The van der Waals surface area contributed by atoms with Gasteiger partial charge in [-0.15, -0.1) is 0 Å². The minimum atomic E-state index is -3.85. The second-order valence-electron chi connectivity index (χ2n) is 3.24. The molecule has 1 saturated carbocycles. The summed E-state index contributed by atoms with van der Waals surface area (Å²) in [6, 6.07) is 0. The first kappa shape index (κ1) is 9.77. The highest BCUT2D eigenvalue weighted by atomic mass is 19.3. The summed E-state index contributed by atoms with van der Waals surface area (Å²) in [6.07, 6.45) is -3.24. The maximum Gasteiger partial charge on any atom is 0.313 e. The van der Waals surface area contributed by atoms with Crippen molar-refractivity contribution in [2.75, 3.05) is 6.54 Å². The minimum absolute atomic E-state index is 0.00958. The van der Waals surface area contributed by atoms with E-state index >= 15 is 0 Å². The van der Waals surface area contributed by atoms with Gasteiger partial charge in [0.1, 0.15) is 0 Å². The van der Waals surface area contributed by atoms with Crippen molar-refractivity contribution >= 4 is 0 Å². The van der Waals surface area contributed by atoms with Gasteiger partial charge in [-0.3, -0.25) is 0 Å². The number of rotatable bonds is 4. The molecule has 0 bridgehead atoms. The number of hydrogen-bond donors (Lipinski definition) is 1.